The fourth-order valence-corrected chi connectivity index (χ4v) is 1.91. The van der Waals surface area contributed by atoms with E-state index in [0.717, 1.165) is 5.88 Å². The molecule has 80 valence electrons. The molecular weight excluding hydrogens is 176 g/mol. The molecule has 0 N–H and O–H groups in total. The Kier molecular flexibility index (Phi) is 3.19. The molecule has 0 unspecified atom stereocenters. The highest BCUT2D eigenvalue weighted by Gasteiger charge is 2.21. The minimum absolute atomic E-state index is 0.455. The number of nitrogens with zero attached hydrogens (tertiary/aromatic N) is 2. The first-order chi connectivity index (χ1) is 6.49. The van der Waals surface area contributed by atoms with Crippen LogP contribution in [0.4, 0.5) is 0 Å². The topological polar surface area (TPSA) is 27.1 Å². The lowest BCUT2D eigenvalue weighted by atomic mass is 9.97. The van der Waals surface area contributed by atoms with Crippen LogP contribution in [0.15, 0.2) is 0 Å². The highest BCUT2D eigenvalue weighted by atomic mass is 16.5. The highest BCUT2D eigenvalue weighted by molar-refractivity contribution is 5.36. The van der Waals surface area contributed by atoms with Crippen LogP contribution in [0.5, 0.6) is 5.88 Å². The van der Waals surface area contributed by atoms with Crippen molar-refractivity contribution in [2.45, 2.75) is 39.5 Å². The van der Waals surface area contributed by atoms with Crippen molar-refractivity contribution >= 4 is 0 Å². The zero-order valence-corrected chi connectivity index (χ0v) is 9.96. The van der Waals surface area contributed by atoms with Crippen LogP contribution in [0, 0.1) is 0 Å². The molecule has 0 radical (unpaired) electrons. The summed E-state index contributed by atoms with van der Waals surface area (Å²) >= 11 is 0. The quantitative estimate of drug-likeness (QED) is 0.743. The van der Waals surface area contributed by atoms with E-state index in [1.54, 1.807) is 7.11 Å². The first-order valence-electron chi connectivity index (χ1n) is 5.09. The molecule has 0 aromatic carbocycles. The molecular formula is C11H20N2O. The van der Waals surface area contributed by atoms with Crippen LogP contribution in [0.3, 0.4) is 0 Å². The fraction of sp³-hybridized carbons (Fsp3) is 0.727. The van der Waals surface area contributed by atoms with E-state index < -0.39 is 0 Å². The third kappa shape index (κ3) is 1.76. The number of hydrogen-bond acceptors (Lipinski definition) is 2. The molecule has 0 saturated heterocycles. The zero-order valence-electron chi connectivity index (χ0n) is 9.96. The summed E-state index contributed by atoms with van der Waals surface area (Å²) in [6, 6.07) is 0. The normalized spacial score (nSPS) is 11.4. The molecule has 0 aliphatic rings. The second-order valence-corrected chi connectivity index (χ2v) is 4.24. The SMILES string of the molecule is COc1nn(C)c(C(C)C)c1C(C)C. The lowest BCUT2D eigenvalue weighted by molar-refractivity contribution is 0.386. The molecule has 0 atom stereocenters. The average Bonchev–Trinajstić information content (AvgIpc) is 2.41. The highest BCUT2D eigenvalue weighted by Crippen LogP contribution is 2.32. The lowest BCUT2D eigenvalue weighted by Gasteiger charge is -2.12. The molecule has 0 spiro atoms. The van der Waals surface area contributed by atoms with Crippen molar-refractivity contribution in [3.63, 3.8) is 0 Å². The van der Waals surface area contributed by atoms with Gasteiger partial charge in [0.05, 0.1) is 7.11 Å². The Bertz CT molecular complexity index is 313. The van der Waals surface area contributed by atoms with E-state index in [-0.39, 0.29) is 0 Å². The third-order valence-electron chi connectivity index (χ3n) is 2.41. The van der Waals surface area contributed by atoms with Gasteiger partial charge in [0.25, 0.3) is 0 Å². The second-order valence-electron chi connectivity index (χ2n) is 4.24. The van der Waals surface area contributed by atoms with Gasteiger partial charge in [0.1, 0.15) is 0 Å². The molecule has 1 heterocycles. The van der Waals surface area contributed by atoms with Crippen molar-refractivity contribution in [2.75, 3.05) is 7.11 Å². The average molecular weight is 196 g/mol. The van der Waals surface area contributed by atoms with Crippen molar-refractivity contribution in [3.05, 3.63) is 11.3 Å². The molecule has 1 rings (SSSR count). The smallest absolute Gasteiger partial charge is 0.236 e. The number of aryl methyl sites for hydroxylation is 1. The summed E-state index contributed by atoms with van der Waals surface area (Å²) in [5, 5.41) is 4.37. The molecule has 3 heteroatoms. The van der Waals surface area contributed by atoms with Gasteiger partial charge in [-0.15, -0.1) is 5.10 Å². The van der Waals surface area contributed by atoms with Crippen LogP contribution in [0.1, 0.15) is 50.8 Å². The molecule has 0 bridgehead atoms. The van der Waals surface area contributed by atoms with E-state index in [9.17, 15) is 0 Å². The van der Waals surface area contributed by atoms with Crippen LogP contribution < -0.4 is 4.74 Å². The van der Waals surface area contributed by atoms with Gasteiger partial charge >= 0.3 is 0 Å². The van der Waals surface area contributed by atoms with Crippen molar-refractivity contribution in [1.29, 1.82) is 0 Å². The van der Waals surface area contributed by atoms with Gasteiger partial charge in [-0.2, -0.15) is 0 Å². The van der Waals surface area contributed by atoms with Crippen molar-refractivity contribution in [3.8, 4) is 5.88 Å². The third-order valence-corrected chi connectivity index (χ3v) is 2.41. The minimum Gasteiger partial charge on any atom is -0.480 e. The van der Waals surface area contributed by atoms with Crippen LogP contribution in [-0.4, -0.2) is 16.9 Å². The Morgan fingerprint density at radius 2 is 1.71 bits per heavy atom. The van der Waals surface area contributed by atoms with Gasteiger partial charge in [0.2, 0.25) is 5.88 Å². The summed E-state index contributed by atoms with van der Waals surface area (Å²) in [6.07, 6.45) is 0. The van der Waals surface area contributed by atoms with E-state index in [4.69, 9.17) is 4.74 Å². The molecule has 0 saturated carbocycles. The summed E-state index contributed by atoms with van der Waals surface area (Å²) in [5.74, 6) is 1.70. The van der Waals surface area contributed by atoms with Gasteiger partial charge < -0.3 is 4.74 Å². The van der Waals surface area contributed by atoms with Crippen LogP contribution in [0.25, 0.3) is 0 Å². The van der Waals surface area contributed by atoms with Gasteiger partial charge in [-0.25, -0.2) is 0 Å². The molecule has 0 aliphatic carbocycles. The Morgan fingerprint density at radius 1 is 1.14 bits per heavy atom. The van der Waals surface area contributed by atoms with Gasteiger partial charge in [-0.05, 0) is 11.8 Å². The Morgan fingerprint density at radius 3 is 2.07 bits per heavy atom. The molecule has 0 amide bonds. The van der Waals surface area contributed by atoms with Crippen molar-refractivity contribution < 1.29 is 4.74 Å². The standard InChI is InChI=1S/C11H20N2O/c1-7(2)9-10(8(3)4)13(5)12-11(9)14-6/h7-8H,1-6H3. The molecule has 3 nitrogen and oxygen atoms in total. The number of aromatic nitrogens is 2. The second kappa shape index (κ2) is 4.03. The Hall–Kier alpha value is -0.990. The van der Waals surface area contributed by atoms with Crippen LogP contribution >= 0.6 is 0 Å². The summed E-state index contributed by atoms with van der Waals surface area (Å²) in [5.41, 5.74) is 2.52. The summed E-state index contributed by atoms with van der Waals surface area (Å²) in [6.45, 7) is 8.71. The Labute approximate surface area is 86.1 Å². The molecule has 0 fully saturated rings. The number of ether oxygens (including phenoxy) is 1. The van der Waals surface area contributed by atoms with Crippen molar-refractivity contribution in [2.24, 2.45) is 7.05 Å². The van der Waals surface area contributed by atoms with E-state index in [0.29, 0.717) is 11.8 Å². The number of hydrogen-bond donors (Lipinski definition) is 0. The molecule has 0 aliphatic heterocycles. The maximum Gasteiger partial charge on any atom is 0.236 e. The monoisotopic (exact) mass is 196 g/mol. The maximum absolute atomic E-state index is 5.29. The maximum atomic E-state index is 5.29. The zero-order chi connectivity index (χ0) is 10.9. The molecule has 1 aromatic heterocycles. The predicted molar refractivity (Wildman–Crippen MR) is 57.9 cm³/mol. The van der Waals surface area contributed by atoms with Gasteiger partial charge in [0.15, 0.2) is 0 Å². The predicted octanol–water partition coefficient (Wildman–Crippen LogP) is 2.68. The van der Waals surface area contributed by atoms with E-state index in [1.807, 2.05) is 11.7 Å². The number of rotatable bonds is 3. The van der Waals surface area contributed by atoms with Gasteiger partial charge in [-0.1, -0.05) is 27.7 Å². The molecule has 14 heavy (non-hydrogen) atoms. The van der Waals surface area contributed by atoms with Gasteiger partial charge in [0, 0.05) is 18.3 Å². The van der Waals surface area contributed by atoms with Gasteiger partial charge in [-0.3, -0.25) is 4.68 Å². The van der Waals surface area contributed by atoms with E-state index >= 15 is 0 Å². The van der Waals surface area contributed by atoms with E-state index in [1.165, 1.54) is 11.3 Å². The van der Waals surface area contributed by atoms with Crippen LogP contribution in [-0.2, 0) is 7.05 Å². The first-order valence-corrected chi connectivity index (χ1v) is 5.09. The lowest BCUT2D eigenvalue weighted by Crippen LogP contribution is -2.03. The van der Waals surface area contributed by atoms with Crippen molar-refractivity contribution in [1.82, 2.24) is 9.78 Å². The molecule has 1 aromatic rings. The summed E-state index contributed by atoms with van der Waals surface area (Å²) < 4.78 is 7.22. The fourth-order valence-electron chi connectivity index (χ4n) is 1.91. The summed E-state index contributed by atoms with van der Waals surface area (Å²) in [4.78, 5) is 0. The van der Waals surface area contributed by atoms with Crippen LogP contribution in [0.2, 0.25) is 0 Å². The van der Waals surface area contributed by atoms with E-state index in [2.05, 4.69) is 32.8 Å². The Balaban J connectivity index is 3.31. The number of methoxy groups -OCH3 is 1. The largest absolute Gasteiger partial charge is 0.480 e. The summed E-state index contributed by atoms with van der Waals surface area (Å²) in [7, 11) is 3.65. The first kappa shape index (κ1) is 11.1. The minimum atomic E-state index is 0.455.